The number of hydrogen-bond donors (Lipinski definition) is 0. The molecule has 0 aliphatic rings. The molecule has 0 heterocycles. The molecule has 6 nitrogen and oxygen atoms in total. The predicted octanol–water partition coefficient (Wildman–Crippen LogP) is 19.8. The predicted molar refractivity (Wildman–Crippen MR) is 298 cm³/mol. The standard InChI is InChI=1S/C63H110O6/c1-4-7-10-13-16-18-20-22-24-26-28-29-30-31-32-33-34-35-36-38-39-41-43-45-47-50-53-56-62(65)68-59-60(58-67-61(64)55-52-49-15-12-9-6-3)69-63(66)57-54-51-48-46-44-42-40-37-27-25-23-21-19-17-14-11-8-5-2/h7,10,16,18,22,24,28-29,31-32,34-35,60H,4-6,8-9,11-15,17,19-21,23,25-27,30,33,36-59H2,1-3H3/b10-7-,18-16-,24-22-,29-28-,32-31-,35-34-. The third kappa shape index (κ3) is 55.6. The van der Waals surface area contributed by atoms with Gasteiger partial charge in [0.15, 0.2) is 6.10 Å². The molecule has 0 aromatic carbocycles. The number of esters is 3. The van der Waals surface area contributed by atoms with Gasteiger partial charge in [0, 0.05) is 19.3 Å². The van der Waals surface area contributed by atoms with Gasteiger partial charge < -0.3 is 14.2 Å². The number of unbranched alkanes of at least 4 members (excludes halogenated alkanes) is 30. The molecule has 0 rings (SSSR count). The van der Waals surface area contributed by atoms with Crippen molar-refractivity contribution < 1.29 is 28.6 Å². The summed E-state index contributed by atoms with van der Waals surface area (Å²) in [5.74, 6) is -0.883. The van der Waals surface area contributed by atoms with Crippen molar-refractivity contribution >= 4 is 17.9 Å². The third-order valence-electron chi connectivity index (χ3n) is 12.7. The Kier molecular flexibility index (Phi) is 54.8. The highest BCUT2D eigenvalue weighted by atomic mass is 16.6. The van der Waals surface area contributed by atoms with E-state index < -0.39 is 6.10 Å². The van der Waals surface area contributed by atoms with Crippen molar-refractivity contribution in [3.63, 3.8) is 0 Å². The van der Waals surface area contributed by atoms with Gasteiger partial charge in [0.2, 0.25) is 0 Å². The zero-order chi connectivity index (χ0) is 50.0. The highest BCUT2D eigenvalue weighted by Crippen LogP contribution is 2.16. The molecule has 0 aliphatic carbocycles. The van der Waals surface area contributed by atoms with Crippen molar-refractivity contribution in [1.29, 1.82) is 0 Å². The van der Waals surface area contributed by atoms with Gasteiger partial charge in [-0.1, -0.05) is 273 Å². The minimum absolute atomic E-state index is 0.0752. The third-order valence-corrected chi connectivity index (χ3v) is 12.7. The molecule has 0 spiro atoms. The fourth-order valence-electron chi connectivity index (χ4n) is 8.33. The van der Waals surface area contributed by atoms with Crippen LogP contribution in [0.2, 0.25) is 0 Å². The zero-order valence-electron chi connectivity index (χ0n) is 45.6. The van der Waals surface area contributed by atoms with E-state index in [1.54, 1.807) is 0 Å². The fraction of sp³-hybridized carbons (Fsp3) is 0.762. The Morgan fingerprint density at radius 2 is 0.565 bits per heavy atom. The number of ether oxygens (including phenoxy) is 3. The lowest BCUT2D eigenvalue weighted by molar-refractivity contribution is -0.167. The lowest BCUT2D eigenvalue weighted by Crippen LogP contribution is -2.30. The van der Waals surface area contributed by atoms with Crippen molar-refractivity contribution in [2.45, 2.75) is 297 Å². The van der Waals surface area contributed by atoms with Crippen LogP contribution in [-0.4, -0.2) is 37.2 Å². The van der Waals surface area contributed by atoms with Crippen molar-refractivity contribution in [2.75, 3.05) is 13.2 Å². The summed E-state index contributed by atoms with van der Waals surface area (Å²) in [5.41, 5.74) is 0. The highest BCUT2D eigenvalue weighted by Gasteiger charge is 2.19. The zero-order valence-corrected chi connectivity index (χ0v) is 45.6. The van der Waals surface area contributed by atoms with E-state index in [1.165, 1.54) is 148 Å². The number of carbonyl (C=O) groups excluding carboxylic acids is 3. The first-order valence-corrected chi connectivity index (χ1v) is 29.4. The van der Waals surface area contributed by atoms with Crippen LogP contribution >= 0.6 is 0 Å². The molecule has 69 heavy (non-hydrogen) atoms. The highest BCUT2D eigenvalue weighted by molar-refractivity contribution is 5.71. The maximum atomic E-state index is 12.8. The van der Waals surface area contributed by atoms with Gasteiger partial charge in [-0.15, -0.1) is 0 Å². The van der Waals surface area contributed by atoms with Gasteiger partial charge in [-0.2, -0.15) is 0 Å². The summed E-state index contributed by atoms with van der Waals surface area (Å²) in [6, 6.07) is 0. The van der Waals surface area contributed by atoms with Crippen LogP contribution in [0.3, 0.4) is 0 Å². The molecule has 0 N–H and O–H groups in total. The molecular weight excluding hydrogens is 853 g/mol. The normalized spacial score (nSPS) is 12.6. The smallest absolute Gasteiger partial charge is 0.306 e. The molecule has 0 radical (unpaired) electrons. The molecule has 1 atom stereocenters. The summed E-state index contributed by atoms with van der Waals surface area (Å²) in [4.78, 5) is 37.9. The summed E-state index contributed by atoms with van der Waals surface area (Å²) in [7, 11) is 0. The Morgan fingerprint density at radius 1 is 0.304 bits per heavy atom. The van der Waals surface area contributed by atoms with Crippen LogP contribution in [0.5, 0.6) is 0 Å². The molecule has 0 saturated carbocycles. The van der Waals surface area contributed by atoms with Crippen molar-refractivity contribution in [2.24, 2.45) is 0 Å². The van der Waals surface area contributed by atoms with E-state index in [-0.39, 0.29) is 31.1 Å². The number of allylic oxidation sites excluding steroid dienone is 12. The molecule has 0 fully saturated rings. The first kappa shape index (κ1) is 65.8. The lowest BCUT2D eigenvalue weighted by Gasteiger charge is -2.18. The summed E-state index contributed by atoms with van der Waals surface area (Å²) < 4.78 is 16.8. The first-order valence-electron chi connectivity index (χ1n) is 29.4. The fourth-order valence-corrected chi connectivity index (χ4v) is 8.33. The Labute approximate surface area is 427 Å². The van der Waals surface area contributed by atoms with Gasteiger partial charge in [0.05, 0.1) is 0 Å². The molecule has 0 aliphatic heterocycles. The van der Waals surface area contributed by atoms with Crippen LogP contribution in [-0.2, 0) is 28.6 Å². The van der Waals surface area contributed by atoms with Gasteiger partial charge in [0.25, 0.3) is 0 Å². The second kappa shape index (κ2) is 57.4. The van der Waals surface area contributed by atoms with Crippen LogP contribution in [0.25, 0.3) is 0 Å². The molecule has 1 unspecified atom stereocenters. The van der Waals surface area contributed by atoms with E-state index >= 15 is 0 Å². The molecule has 398 valence electrons. The largest absolute Gasteiger partial charge is 0.462 e. The van der Waals surface area contributed by atoms with E-state index in [0.717, 1.165) is 103 Å². The maximum absolute atomic E-state index is 12.8. The number of hydrogen-bond acceptors (Lipinski definition) is 6. The SMILES string of the molecule is CC/C=C\C/C=C\C/C=C\C/C=C\C/C=C\C/C=C\CCCCCCCCCCC(=O)OCC(COC(=O)CCCCCCCC)OC(=O)CCCCCCCCCCCCCCCCCCCC. The van der Waals surface area contributed by atoms with E-state index in [9.17, 15) is 14.4 Å². The van der Waals surface area contributed by atoms with Gasteiger partial charge in [0.1, 0.15) is 13.2 Å². The topological polar surface area (TPSA) is 78.9 Å². The van der Waals surface area contributed by atoms with Gasteiger partial charge in [-0.05, 0) is 70.6 Å². The lowest BCUT2D eigenvalue weighted by atomic mass is 10.0. The van der Waals surface area contributed by atoms with Crippen molar-refractivity contribution in [3.8, 4) is 0 Å². The summed E-state index contributed by atoms with van der Waals surface area (Å²) in [6.45, 7) is 6.49. The van der Waals surface area contributed by atoms with Crippen molar-refractivity contribution in [3.05, 3.63) is 72.9 Å². The molecule has 0 aromatic heterocycles. The van der Waals surface area contributed by atoms with E-state index in [2.05, 4.69) is 93.7 Å². The minimum Gasteiger partial charge on any atom is -0.462 e. The minimum atomic E-state index is -0.773. The quantitative estimate of drug-likeness (QED) is 0.0262. The number of carbonyl (C=O) groups is 3. The average molecular weight is 964 g/mol. The monoisotopic (exact) mass is 963 g/mol. The van der Waals surface area contributed by atoms with Crippen LogP contribution in [0.4, 0.5) is 0 Å². The van der Waals surface area contributed by atoms with E-state index in [0.29, 0.717) is 19.3 Å². The summed E-state index contributed by atoms with van der Waals surface area (Å²) in [5, 5.41) is 0. The Balaban J connectivity index is 4.13. The molecular formula is C63H110O6. The molecule has 6 heteroatoms. The second-order valence-electron chi connectivity index (χ2n) is 19.5. The average Bonchev–Trinajstić information content (AvgIpc) is 3.35. The molecule has 0 saturated heterocycles. The second-order valence-corrected chi connectivity index (χ2v) is 19.5. The van der Waals surface area contributed by atoms with Gasteiger partial charge in [-0.3, -0.25) is 14.4 Å². The van der Waals surface area contributed by atoms with E-state index in [1.807, 2.05) is 0 Å². The van der Waals surface area contributed by atoms with Crippen LogP contribution in [0.15, 0.2) is 72.9 Å². The molecule has 0 bridgehead atoms. The van der Waals surface area contributed by atoms with Crippen molar-refractivity contribution in [1.82, 2.24) is 0 Å². The van der Waals surface area contributed by atoms with Gasteiger partial charge in [-0.25, -0.2) is 0 Å². The summed E-state index contributed by atoms with van der Waals surface area (Å²) in [6.07, 6.45) is 73.6. The Hall–Kier alpha value is -3.15. The number of rotatable bonds is 53. The Bertz CT molecular complexity index is 1290. The van der Waals surface area contributed by atoms with Gasteiger partial charge >= 0.3 is 17.9 Å². The first-order chi connectivity index (χ1) is 34.0. The Morgan fingerprint density at radius 3 is 0.884 bits per heavy atom. The molecule has 0 aromatic rings. The maximum Gasteiger partial charge on any atom is 0.306 e. The van der Waals surface area contributed by atoms with Crippen LogP contribution in [0, 0.1) is 0 Å². The van der Waals surface area contributed by atoms with Crippen LogP contribution < -0.4 is 0 Å². The molecule has 0 amide bonds. The van der Waals surface area contributed by atoms with E-state index in [4.69, 9.17) is 14.2 Å². The summed E-state index contributed by atoms with van der Waals surface area (Å²) >= 11 is 0. The van der Waals surface area contributed by atoms with Crippen LogP contribution in [0.1, 0.15) is 290 Å².